The van der Waals surface area contributed by atoms with Crippen molar-refractivity contribution in [1.29, 1.82) is 5.26 Å². The fourth-order valence-corrected chi connectivity index (χ4v) is 2.65. The predicted molar refractivity (Wildman–Crippen MR) is 82.0 cm³/mol. The summed E-state index contributed by atoms with van der Waals surface area (Å²) >= 11 is 0. The second kappa shape index (κ2) is 6.57. The summed E-state index contributed by atoms with van der Waals surface area (Å²) in [7, 11) is 0. The van der Waals surface area contributed by atoms with Crippen LogP contribution in [0.3, 0.4) is 0 Å². The van der Waals surface area contributed by atoms with Gasteiger partial charge in [0.25, 0.3) is 6.34 Å². The van der Waals surface area contributed by atoms with Gasteiger partial charge in [-0.15, -0.1) is 4.90 Å². The Hall–Kier alpha value is -2.86. The molecule has 0 saturated carbocycles. The molecule has 0 bridgehead atoms. The van der Waals surface area contributed by atoms with Crippen molar-refractivity contribution in [2.75, 3.05) is 0 Å². The van der Waals surface area contributed by atoms with Crippen LogP contribution in [-0.2, 0) is 4.74 Å². The number of rotatable bonds is 4. The Labute approximate surface area is 142 Å². The van der Waals surface area contributed by atoms with Gasteiger partial charge >= 0.3 is 11.6 Å². The largest absolute Gasteiger partial charge is 0.423 e. The normalized spacial score (nSPS) is 29.4. The zero-order chi connectivity index (χ0) is 18.1. The maximum atomic E-state index is 12.3. The van der Waals surface area contributed by atoms with E-state index in [1.807, 2.05) is 0 Å². The Kier molecular flexibility index (Phi) is 4.46. The molecule has 0 aliphatic carbocycles. The highest BCUT2D eigenvalue weighted by Gasteiger charge is 2.54. The third-order valence-electron chi connectivity index (χ3n) is 3.98. The van der Waals surface area contributed by atoms with E-state index in [0.717, 1.165) is 4.90 Å². The number of Topliss-reactive ketones (excluding diaryl/α,β-unsaturated/α-hetero) is 1. The summed E-state index contributed by atoms with van der Waals surface area (Å²) in [4.78, 5) is 16.6. The number of ketones is 1. The van der Waals surface area contributed by atoms with E-state index < -0.39 is 42.3 Å². The number of nitriles is 1. The van der Waals surface area contributed by atoms with Gasteiger partial charge in [0.2, 0.25) is 12.3 Å². The average molecular weight is 344 g/mol. The third-order valence-corrected chi connectivity index (χ3v) is 3.98. The zero-order valence-electron chi connectivity index (χ0n) is 12.7. The van der Waals surface area contributed by atoms with Crippen LogP contribution in [0.4, 0.5) is 0 Å². The van der Waals surface area contributed by atoms with Crippen LogP contribution in [0.25, 0.3) is 0 Å². The first kappa shape index (κ1) is 17.0. The second-order valence-electron chi connectivity index (χ2n) is 5.51. The Morgan fingerprint density at radius 3 is 2.60 bits per heavy atom. The lowest BCUT2D eigenvalue weighted by Crippen LogP contribution is -2.43. The maximum Gasteiger partial charge on any atom is 0.393 e. The molecule has 9 heteroatoms. The fourth-order valence-electron chi connectivity index (χ4n) is 2.65. The summed E-state index contributed by atoms with van der Waals surface area (Å²) < 4.78 is 5.37. The van der Waals surface area contributed by atoms with Gasteiger partial charge in [0.1, 0.15) is 24.4 Å². The summed E-state index contributed by atoms with van der Waals surface area (Å²) in [6.07, 6.45) is -5.45. The Balaban J connectivity index is 1.79. The number of carbonyl (C=O) groups is 1. The molecule has 5 atom stereocenters. The lowest BCUT2D eigenvalue weighted by molar-refractivity contribution is -0.0854. The van der Waals surface area contributed by atoms with E-state index in [1.54, 1.807) is 24.3 Å². The summed E-state index contributed by atoms with van der Waals surface area (Å²) in [5.41, 5.74) is -0.123. The molecule has 0 aromatic heterocycles. The molecular formula is C16H14N3O6+. The molecule has 4 N–H and O–H groups in total. The molecule has 2 heterocycles. The third kappa shape index (κ3) is 2.85. The molecule has 0 spiro atoms. The molecule has 1 fully saturated rings. The number of aliphatic imine (C=N–C) groups is 1. The van der Waals surface area contributed by atoms with Crippen molar-refractivity contribution < 1.29 is 30.0 Å². The van der Waals surface area contributed by atoms with Crippen molar-refractivity contribution in [3.8, 4) is 6.07 Å². The molecule has 0 radical (unpaired) electrons. The van der Waals surface area contributed by atoms with Gasteiger partial charge in [-0.2, -0.15) is 5.26 Å². The van der Waals surface area contributed by atoms with Crippen LogP contribution in [0, 0.1) is 11.3 Å². The quantitative estimate of drug-likeness (QED) is 0.408. The van der Waals surface area contributed by atoms with Gasteiger partial charge in [-0.25, -0.2) is 0 Å². The molecule has 1 saturated heterocycles. The van der Waals surface area contributed by atoms with Gasteiger partial charge in [-0.3, -0.25) is 4.79 Å². The highest BCUT2D eigenvalue weighted by molar-refractivity contribution is 5.99. The molecular weight excluding hydrogens is 330 g/mol. The molecule has 25 heavy (non-hydrogen) atoms. The van der Waals surface area contributed by atoms with E-state index in [4.69, 9.17) is 10.00 Å². The van der Waals surface area contributed by atoms with Crippen LogP contribution in [-0.4, -0.2) is 68.1 Å². The molecule has 1 aromatic carbocycles. The van der Waals surface area contributed by atoms with Gasteiger partial charge < -0.3 is 25.2 Å². The summed E-state index contributed by atoms with van der Waals surface area (Å²) in [6.45, 7) is 0. The summed E-state index contributed by atoms with van der Waals surface area (Å²) in [5, 5.41) is 49.1. The van der Waals surface area contributed by atoms with Crippen molar-refractivity contribution in [1.82, 2.24) is 4.90 Å². The van der Waals surface area contributed by atoms with Crippen LogP contribution in [0.15, 0.2) is 46.9 Å². The molecule has 2 aliphatic rings. The van der Waals surface area contributed by atoms with Crippen molar-refractivity contribution >= 4 is 12.1 Å². The molecule has 2 aliphatic heterocycles. The Morgan fingerprint density at radius 1 is 1.32 bits per heavy atom. The molecule has 0 amide bonds. The maximum absolute atomic E-state index is 12.3. The number of carbonyl (C=O) groups excluding carboxylic acids is 1. The van der Waals surface area contributed by atoms with E-state index in [0.29, 0.717) is 0 Å². The first-order chi connectivity index (χ1) is 12.0. The SMILES string of the molecule is N#CC1=C(O)N([C@@H]2O[C@H](C(O)C(=O)c3ccccc3)[C@@H](O)[C@H]2O)[C+]=N1. The second-order valence-corrected chi connectivity index (χ2v) is 5.51. The van der Waals surface area contributed by atoms with Crippen molar-refractivity contribution in [3.05, 3.63) is 47.5 Å². The minimum Gasteiger partial charge on any atom is -0.423 e. The lowest BCUT2D eigenvalue weighted by atomic mass is 9.98. The number of hydrogen-bond donors (Lipinski definition) is 4. The number of aliphatic hydroxyl groups is 4. The smallest absolute Gasteiger partial charge is 0.393 e. The fraction of sp³-hybridized carbons (Fsp3) is 0.312. The first-order valence-corrected chi connectivity index (χ1v) is 7.33. The van der Waals surface area contributed by atoms with Gasteiger partial charge in [0.15, 0.2) is 5.78 Å². The Bertz CT molecular complexity index is 772. The minimum absolute atomic E-state index is 0.215. The molecule has 1 aromatic rings. The minimum atomic E-state index is -1.74. The molecule has 128 valence electrons. The average Bonchev–Trinajstić information content (AvgIpc) is 3.14. The zero-order valence-corrected chi connectivity index (χ0v) is 12.7. The van der Waals surface area contributed by atoms with Crippen LogP contribution < -0.4 is 0 Å². The van der Waals surface area contributed by atoms with Crippen LogP contribution in [0.5, 0.6) is 0 Å². The van der Waals surface area contributed by atoms with Gasteiger partial charge in [-0.05, 0) is 4.99 Å². The van der Waals surface area contributed by atoms with Gasteiger partial charge in [0.05, 0.1) is 0 Å². The topological polar surface area (TPSA) is 147 Å². The first-order valence-electron chi connectivity index (χ1n) is 7.33. The number of hydrogen-bond acceptors (Lipinski definition) is 9. The van der Waals surface area contributed by atoms with Crippen LogP contribution >= 0.6 is 0 Å². The van der Waals surface area contributed by atoms with Crippen molar-refractivity contribution in [3.63, 3.8) is 0 Å². The summed E-state index contributed by atoms with van der Waals surface area (Å²) in [6, 6.07) is 9.55. The number of aliphatic hydroxyl groups excluding tert-OH is 4. The van der Waals surface area contributed by atoms with Crippen LogP contribution in [0.2, 0.25) is 0 Å². The van der Waals surface area contributed by atoms with Gasteiger partial charge in [-0.1, -0.05) is 30.3 Å². The Morgan fingerprint density at radius 2 is 2.00 bits per heavy atom. The predicted octanol–water partition coefficient (Wildman–Crippen LogP) is -0.852. The number of ether oxygens (including phenoxy) is 1. The number of benzene rings is 1. The van der Waals surface area contributed by atoms with E-state index in [1.165, 1.54) is 12.1 Å². The van der Waals surface area contributed by atoms with E-state index in [2.05, 4.69) is 11.3 Å². The van der Waals surface area contributed by atoms with E-state index in [9.17, 15) is 25.2 Å². The molecule has 1 unspecified atom stereocenters. The monoisotopic (exact) mass is 344 g/mol. The van der Waals surface area contributed by atoms with Crippen molar-refractivity contribution in [2.24, 2.45) is 4.99 Å². The van der Waals surface area contributed by atoms with Gasteiger partial charge in [0, 0.05) is 5.56 Å². The molecule has 3 rings (SSSR count). The van der Waals surface area contributed by atoms with E-state index in [-0.39, 0.29) is 11.3 Å². The highest BCUT2D eigenvalue weighted by atomic mass is 16.6. The lowest BCUT2D eigenvalue weighted by Gasteiger charge is -2.20. The number of allylic oxidation sites excluding steroid dienone is 1. The standard InChI is InChI=1S/C16H13N3O6/c17-6-9-15(24)19(7-18-9)16-13(23)12(22)14(25-16)11(21)10(20)8-4-2-1-3-5-8/h1-5,11-14,16,21-23H/p+1/t11?,12-,13+,14+,16+/m0/s1. The highest BCUT2D eigenvalue weighted by Crippen LogP contribution is 2.30. The van der Waals surface area contributed by atoms with E-state index >= 15 is 0 Å². The molecule has 9 nitrogen and oxygen atoms in total. The van der Waals surface area contributed by atoms with Crippen LogP contribution in [0.1, 0.15) is 10.4 Å². The van der Waals surface area contributed by atoms with Crippen molar-refractivity contribution in [2.45, 2.75) is 30.6 Å². The summed E-state index contributed by atoms with van der Waals surface area (Å²) in [5.74, 6) is -1.29. The number of nitrogens with zero attached hydrogens (tertiary/aromatic N) is 3.